The summed E-state index contributed by atoms with van der Waals surface area (Å²) in [6.45, 7) is 0.941. The number of carbonyl (C=O) groups excluding carboxylic acids is 1. The minimum Gasteiger partial charge on any atom is -0.493 e. The van der Waals surface area contributed by atoms with Crippen LogP contribution in [0.2, 0.25) is 0 Å². The summed E-state index contributed by atoms with van der Waals surface area (Å²) < 4.78 is 11.1. The maximum absolute atomic E-state index is 12.5. The molecule has 5 nitrogen and oxygen atoms in total. The molecular formula is C22H22N2O3S. The summed E-state index contributed by atoms with van der Waals surface area (Å²) in [5, 5.41) is 6.11. The second-order valence-electron chi connectivity index (χ2n) is 6.69. The number of nitrogens with zero attached hydrogens (tertiary/aromatic N) is 1. The van der Waals surface area contributed by atoms with E-state index in [2.05, 4.69) is 27.8 Å². The standard InChI is InChI=1S/C22H22N2O3S/c1-26-19-9-5-8-16-12-17(13-27-21(16)19)22(25)23-11-10-20-24-18(14-28-20)15-6-3-2-4-7-15/h2-9,14,17H,10-13H2,1H3,(H,23,25)/t17-/m0/s1. The number of methoxy groups -OCH3 is 1. The van der Waals surface area contributed by atoms with Gasteiger partial charge in [-0.25, -0.2) is 4.98 Å². The molecule has 0 spiro atoms. The second-order valence-corrected chi connectivity index (χ2v) is 7.64. The molecule has 144 valence electrons. The number of hydrogen-bond donors (Lipinski definition) is 1. The molecule has 0 aliphatic carbocycles. The van der Waals surface area contributed by atoms with Crippen molar-refractivity contribution < 1.29 is 14.3 Å². The first-order chi connectivity index (χ1) is 13.7. The van der Waals surface area contributed by atoms with E-state index in [4.69, 9.17) is 9.47 Å². The summed E-state index contributed by atoms with van der Waals surface area (Å²) in [4.78, 5) is 17.2. The summed E-state index contributed by atoms with van der Waals surface area (Å²) in [6, 6.07) is 15.9. The number of para-hydroxylation sites is 1. The zero-order valence-corrected chi connectivity index (χ0v) is 16.5. The van der Waals surface area contributed by atoms with E-state index in [1.807, 2.05) is 36.4 Å². The number of nitrogens with one attached hydrogen (secondary N) is 1. The zero-order chi connectivity index (χ0) is 19.3. The number of fused-ring (bicyclic) bond motifs is 1. The highest BCUT2D eigenvalue weighted by Crippen LogP contribution is 2.36. The first-order valence-electron chi connectivity index (χ1n) is 9.31. The van der Waals surface area contributed by atoms with Crippen molar-refractivity contribution in [1.29, 1.82) is 0 Å². The largest absolute Gasteiger partial charge is 0.493 e. The average Bonchev–Trinajstić information content (AvgIpc) is 3.22. The Hall–Kier alpha value is -2.86. The van der Waals surface area contributed by atoms with Crippen molar-refractivity contribution in [2.24, 2.45) is 5.92 Å². The Morgan fingerprint density at radius 2 is 2.11 bits per heavy atom. The third-order valence-corrected chi connectivity index (χ3v) is 5.71. The number of aromatic nitrogens is 1. The molecule has 0 saturated heterocycles. The Morgan fingerprint density at radius 3 is 2.93 bits per heavy atom. The van der Waals surface area contributed by atoms with Gasteiger partial charge >= 0.3 is 0 Å². The lowest BCUT2D eigenvalue weighted by Gasteiger charge is -2.25. The fraction of sp³-hybridized carbons (Fsp3) is 0.273. The lowest BCUT2D eigenvalue weighted by Crippen LogP contribution is -2.38. The van der Waals surface area contributed by atoms with E-state index in [1.54, 1.807) is 18.4 Å². The molecule has 1 N–H and O–H groups in total. The van der Waals surface area contributed by atoms with Crippen molar-refractivity contribution in [1.82, 2.24) is 10.3 Å². The van der Waals surface area contributed by atoms with Gasteiger partial charge in [0.1, 0.15) is 6.61 Å². The molecule has 0 fully saturated rings. The molecule has 1 atom stereocenters. The number of ether oxygens (including phenoxy) is 2. The van der Waals surface area contributed by atoms with E-state index in [0.29, 0.717) is 25.3 Å². The van der Waals surface area contributed by atoms with Crippen LogP contribution in [0.5, 0.6) is 11.5 Å². The third kappa shape index (κ3) is 4.02. The summed E-state index contributed by atoms with van der Waals surface area (Å²) in [7, 11) is 1.62. The number of hydrogen-bond acceptors (Lipinski definition) is 5. The minimum absolute atomic E-state index is 0.0216. The molecule has 2 heterocycles. The van der Waals surface area contributed by atoms with E-state index < -0.39 is 0 Å². The summed E-state index contributed by atoms with van der Waals surface area (Å²) in [5.41, 5.74) is 3.11. The maximum atomic E-state index is 12.5. The maximum Gasteiger partial charge on any atom is 0.226 e. The number of benzene rings is 2. The SMILES string of the molecule is COc1cccc2c1OC[C@@H](C(=O)NCCc1nc(-c3ccccc3)cs1)C2. The van der Waals surface area contributed by atoms with Crippen LogP contribution in [0.25, 0.3) is 11.3 Å². The van der Waals surface area contributed by atoms with Crippen LogP contribution in [0.3, 0.4) is 0 Å². The van der Waals surface area contributed by atoms with Crippen LogP contribution >= 0.6 is 11.3 Å². The predicted molar refractivity (Wildman–Crippen MR) is 110 cm³/mol. The Balaban J connectivity index is 1.30. The molecule has 0 bridgehead atoms. The molecule has 3 aromatic rings. The molecule has 1 aliphatic rings. The van der Waals surface area contributed by atoms with Crippen LogP contribution in [-0.4, -0.2) is 31.2 Å². The smallest absolute Gasteiger partial charge is 0.226 e. The van der Waals surface area contributed by atoms with E-state index in [-0.39, 0.29) is 11.8 Å². The molecule has 0 saturated carbocycles. The lowest BCUT2D eigenvalue weighted by atomic mass is 9.95. The van der Waals surface area contributed by atoms with Crippen LogP contribution in [0.4, 0.5) is 0 Å². The van der Waals surface area contributed by atoms with Crippen LogP contribution < -0.4 is 14.8 Å². The van der Waals surface area contributed by atoms with Gasteiger partial charge < -0.3 is 14.8 Å². The van der Waals surface area contributed by atoms with Crippen LogP contribution in [0, 0.1) is 5.92 Å². The number of amides is 1. The van der Waals surface area contributed by atoms with Gasteiger partial charge in [-0.05, 0) is 18.1 Å². The highest BCUT2D eigenvalue weighted by molar-refractivity contribution is 7.09. The molecule has 4 rings (SSSR count). The average molecular weight is 394 g/mol. The Bertz CT molecular complexity index is 955. The molecule has 1 aliphatic heterocycles. The Morgan fingerprint density at radius 1 is 1.25 bits per heavy atom. The van der Waals surface area contributed by atoms with Crippen LogP contribution in [-0.2, 0) is 17.6 Å². The zero-order valence-electron chi connectivity index (χ0n) is 15.7. The summed E-state index contributed by atoms with van der Waals surface area (Å²) in [5.74, 6) is 1.31. The van der Waals surface area contributed by atoms with E-state index in [0.717, 1.165) is 34.0 Å². The van der Waals surface area contributed by atoms with Gasteiger partial charge in [-0.3, -0.25) is 4.79 Å². The Kier molecular flexibility index (Phi) is 5.58. The molecule has 1 amide bonds. The molecule has 0 unspecified atom stereocenters. The number of thiazole rings is 1. The third-order valence-electron chi connectivity index (χ3n) is 4.81. The summed E-state index contributed by atoms with van der Waals surface area (Å²) >= 11 is 1.63. The Labute approximate surface area is 168 Å². The molecule has 1 aromatic heterocycles. The fourth-order valence-corrected chi connectivity index (χ4v) is 4.13. The molecule has 6 heteroatoms. The molecular weight excluding hydrogens is 372 g/mol. The normalized spacial score (nSPS) is 15.4. The first-order valence-corrected chi connectivity index (χ1v) is 10.2. The quantitative estimate of drug-likeness (QED) is 0.692. The number of carbonyl (C=O) groups is 1. The van der Waals surface area contributed by atoms with Crippen molar-refractivity contribution in [3.8, 4) is 22.8 Å². The highest BCUT2D eigenvalue weighted by Gasteiger charge is 2.27. The fourth-order valence-electron chi connectivity index (χ4n) is 3.33. The minimum atomic E-state index is -0.184. The first kappa shape index (κ1) is 18.5. The lowest BCUT2D eigenvalue weighted by molar-refractivity contribution is -0.126. The predicted octanol–water partition coefficient (Wildman–Crippen LogP) is 3.73. The van der Waals surface area contributed by atoms with Gasteiger partial charge in [0.25, 0.3) is 0 Å². The van der Waals surface area contributed by atoms with Crippen molar-refractivity contribution >= 4 is 17.2 Å². The van der Waals surface area contributed by atoms with Gasteiger partial charge in [-0.15, -0.1) is 11.3 Å². The topological polar surface area (TPSA) is 60.5 Å². The van der Waals surface area contributed by atoms with Crippen LogP contribution in [0.1, 0.15) is 10.6 Å². The van der Waals surface area contributed by atoms with Gasteiger partial charge in [-0.1, -0.05) is 42.5 Å². The molecule has 28 heavy (non-hydrogen) atoms. The van der Waals surface area contributed by atoms with Crippen molar-refractivity contribution in [3.05, 3.63) is 64.5 Å². The van der Waals surface area contributed by atoms with Crippen molar-refractivity contribution in [3.63, 3.8) is 0 Å². The van der Waals surface area contributed by atoms with Gasteiger partial charge in [-0.2, -0.15) is 0 Å². The monoisotopic (exact) mass is 394 g/mol. The van der Waals surface area contributed by atoms with Crippen LogP contribution in [0.15, 0.2) is 53.9 Å². The van der Waals surface area contributed by atoms with Gasteiger partial charge in [0.05, 0.1) is 23.7 Å². The van der Waals surface area contributed by atoms with E-state index in [9.17, 15) is 4.79 Å². The van der Waals surface area contributed by atoms with Gasteiger partial charge in [0.2, 0.25) is 5.91 Å². The van der Waals surface area contributed by atoms with Crippen molar-refractivity contribution in [2.75, 3.05) is 20.3 Å². The summed E-state index contributed by atoms with van der Waals surface area (Å²) in [6.07, 6.45) is 1.38. The second kappa shape index (κ2) is 8.44. The molecule has 2 aromatic carbocycles. The van der Waals surface area contributed by atoms with E-state index in [1.165, 1.54) is 0 Å². The van der Waals surface area contributed by atoms with Crippen molar-refractivity contribution in [2.45, 2.75) is 12.8 Å². The van der Waals surface area contributed by atoms with Gasteiger partial charge in [0.15, 0.2) is 11.5 Å². The molecule has 0 radical (unpaired) electrons. The van der Waals surface area contributed by atoms with Gasteiger partial charge in [0, 0.05) is 23.9 Å². The number of rotatable bonds is 6. The highest BCUT2D eigenvalue weighted by atomic mass is 32.1. The van der Waals surface area contributed by atoms with E-state index >= 15 is 0 Å².